The van der Waals surface area contributed by atoms with E-state index in [1.165, 1.54) is 18.5 Å². The van der Waals surface area contributed by atoms with Crippen LogP contribution in [0, 0.1) is 11.2 Å². The molecule has 1 aromatic heterocycles. The van der Waals surface area contributed by atoms with Gasteiger partial charge in [-0.1, -0.05) is 44.2 Å². The molecular formula is C21H24FN3OS. The van der Waals surface area contributed by atoms with Crippen molar-refractivity contribution in [2.45, 2.75) is 37.3 Å². The van der Waals surface area contributed by atoms with Gasteiger partial charge in [0.25, 0.3) is 0 Å². The van der Waals surface area contributed by atoms with Crippen molar-refractivity contribution in [2.24, 2.45) is 5.41 Å². The number of benzene rings is 2. The maximum absolute atomic E-state index is 13.2. The summed E-state index contributed by atoms with van der Waals surface area (Å²) in [7, 11) is 0. The number of halogens is 1. The van der Waals surface area contributed by atoms with Crippen LogP contribution in [-0.2, 0) is 6.42 Å². The lowest BCUT2D eigenvalue weighted by Crippen LogP contribution is -2.40. The average molecular weight is 386 g/mol. The summed E-state index contributed by atoms with van der Waals surface area (Å²) in [5.74, 6) is 0.415. The van der Waals surface area contributed by atoms with Gasteiger partial charge in [0.1, 0.15) is 18.5 Å². The minimum Gasteiger partial charge on any atom is -0.390 e. The van der Waals surface area contributed by atoms with E-state index in [0.29, 0.717) is 12.2 Å². The van der Waals surface area contributed by atoms with Crippen LogP contribution in [0.2, 0.25) is 0 Å². The first-order valence-electron chi connectivity index (χ1n) is 8.90. The highest BCUT2D eigenvalue weighted by molar-refractivity contribution is 7.99. The number of thioether (sulfide) groups is 1. The molecule has 3 aromatic rings. The molecule has 0 aliphatic rings. The van der Waals surface area contributed by atoms with Crippen LogP contribution in [0.15, 0.2) is 72.1 Å². The Kier molecular flexibility index (Phi) is 6.29. The molecule has 142 valence electrons. The van der Waals surface area contributed by atoms with Crippen LogP contribution < -0.4 is 0 Å². The Morgan fingerprint density at radius 2 is 1.81 bits per heavy atom. The summed E-state index contributed by atoms with van der Waals surface area (Å²) in [6.45, 7) is 4.05. The molecule has 6 heteroatoms. The van der Waals surface area contributed by atoms with Crippen LogP contribution in [0.5, 0.6) is 0 Å². The average Bonchev–Trinajstić information content (AvgIpc) is 3.19. The molecule has 0 aliphatic heterocycles. The van der Waals surface area contributed by atoms with Gasteiger partial charge in [0.15, 0.2) is 0 Å². The molecule has 2 unspecified atom stereocenters. The molecule has 2 aromatic carbocycles. The Morgan fingerprint density at radius 1 is 1.11 bits per heavy atom. The number of aliphatic hydroxyl groups is 1. The molecular weight excluding hydrogens is 361 g/mol. The number of rotatable bonds is 8. The van der Waals surface area contributed by atoms with Gasteiger partial charge in [-0.25, -0.2) is 14.1 Å². The largest absolute Gasteiger partial charge is 0.390 e. The lowest BCUT2D eigenvalue weighted by molar-refractivity contribution is 0.00983. The van der Waals surface area contributed by atoms with Gasteiger partial charge in [-0.2, -0.15) is 5.10 Å². The van der Waals surface area contributed by atoms with Crippen molar-refractivity contribution in [1.82, 2.24) is 14.8 Å². The van der Waals surface area contributed by atoms with E-state index in [1.54, 1.807) is 34.9 Å². The van der Waals surface area contributed by atoms with E-state index in [1.807, 2.05) is 32.0 Å². The van der Waals surface area contributed by atoms with Crippen LogP contribution >= 0.6 is 11.8 Å². The van der Waals surface area contributed by atoms with Crippen molar-refractivity contribution in [2.75, 3.05) is 5.75 Å². The summed E-state index contributed by atoms with van der Waals surface area (Å²) in [5, 5.41) is 15.5. The molecule has 1 heterocycles. The molecule has 0 radical (unpaired) electrons. The summed E-state index contributed by atoms with van der Waals surface area (Å²) in [4.78, 5) is 5.19. The van der Waals surface area contributed by atoms with Crippen LogP contribution in [0.1, 0.15) is 25.5 Å². The number of aliphatic hydroxyl groups excluding tert-OH is 1. The van der Waals surface area contributed by atoms with Gasteiger partial charge in [-0.15, -0.1) is 11.8 Å². The van der Waals surface area contributed by atoms with Gasteiger partial charge in [0, 0.05) is 10.6 Å². The van der Waals surface area contributed by atoms with Gasteiger partial charge in [0.05, 0.1) is 12.1 Å². The van der Waals surface area contributed by atoms with Crippen molar-refractivity contribution >= 4 is 11.8 Å². The van der Waals surface area contributed by atoms with E-state index in [9.17, 15) is 9.50 Å². The first-order valence-corrected chi connectivity index (χ1v) is 9.89. The fourth-order valence-electron chi connectivity index (χ4n) is 3.15. The first-order chi connectivity index (χ1) is 13.0. The van der Waals surface area contributed by atoms with Crippen molar-refractivity contribution < 1.29 is 9.50 Å². The number of nitrogens with zero attached hydrogens (tertiary/aromatic N) is 3. The predicted octanol–water partition coefficient (Wildman–Crippen LogP) is 4.38. The maximum atomic E-state index is 13.2. The maximum Gasteiger partial charge on any atom is 0.137 e. The highest BCUT2D eigenvalue weighted by atomic mass is 32.2. The molecule has 0 amide bonds. The molecule has 3 rings (SSSR count). The second kappa shape index (κ2) is 8.67. The van der Waals surface area contributed by atoms with Gasteiger partial charge in [0.2, 0.25) is 0 Å². The van der Waals surface area contributed by atoms with Crippen LogP contribution in [0.4, 0.5) is 4.39 Å². The van der Waals surface area contributed by atoms with E-state index in [0.717, 1.165) is 10.5 Å². The second-order valence-corrected chi connectivity index (χ2v) is 8.40. The third-order valence-corrected chi connectivity index (χ3v) is 5.79. The SMILES string of the molecule is CC(C)(Cc1ccc(F)cc1)C(O)C(CSc1ccccc1)n1cncn1. The smallest absolute Gasteiger partial charge is 0.137 e. The van der Waals surface area contributed by atoms with E-state index in [-0.39, 0.29) is 11.9 Å². The Labute approximate surface area is 163 Å². The topological polar surface area (TPSA) is 50.9 Å². The minimum absolute atomic E-state index is 0.229. The fourth-order valence-corrected chi connectivity index (χ4v) is 4.20. The van der Waals surface area contributed by atoms with Crippen LogP contribution in [0.3, 0.4) is 0 Å². The Hall–Kier alpha value is -2.18. The van der Waals surface area contributed by atoms with Crippen molar-refractivity contribution in [3.8, 4) is 0 Å². The Morgan fingerprint density at radius 3 is 2.44 bits per heavy atom. The van der Waals surface area contributed by atoms with E-state index >= 15 is 0 Å². The van der Waals surface area contributed by atoms with Crippen molar-refractivity contribution in [3.63, 3.8) is 0 Å². The molecule has 0 spiro atoms. The van der Waals surface area contributed by atoms with Crippen molar-refractivity contribution in [3.05, 3.63) is 78.6 Å². The Bertz CT molecular complexity index is 822. The van der Waals surface area contributed by atoms with Gasteiger partial charge < -0.3 is 5.11 Å². The monoisotopic (exact) mass is 385 g/mol. The number of hydrogen-bond acceptors (Lipinski definition) is 4. The van der Waals surface area contributed by atoms with Gasteiger partial charge >= 0.3 is 0 Å². The molecule has 2 atom stereocenters. The summed E-state index contributed by atoms with van der Waals surface area (Å²) < 4.78 is 14.9. The highest BCUT2D eigenvalue weighted by Gasteiger charge is 2.36. The highest BCUT2D eigenvalue weighted by Crippen LogP contribution is 2.35. The normalized spacial score (nSPS) is 14.1. The lowest BCUT2D eigenvalue weighted by Gasteiger charge is -2.36. The molecule has 0 bridgehead atoms. The van der Waals surface area contributed by atoms with Crippen molar-refractivity contribution in [1.29, 1.82) is 0 Å². The molecule has 0 aliphatic carbocycles. The molecule has 0 saturated carbocycles. The van der Waals surface area contributed by atoms with Gasteiger partial charge in [-0.3, -0.25) is 0 Å². The lowest BCUT2D eigenvalue weighted by atomic mass is 9.78. The fraction of sp³-hybridized carbons (Fsp3) is 0.333. The zero-order valence-corrected chi connectivity index (χ0v) is 16.3. The van der Waals surface area contributed by atoms with E-state index in [2.05, 4.69) is 22.2 Å². The number of hydrogen-bond donors (Lipinski definition) is 1. The first kappa shape index (κ1) is 19.6. The third-order valence-electron chi connectivity index (χ3n) is 4.68. The zero-order valence-electron chi connectivity index (χ0n) is 15.5. The van der Waals surface area contributed by atoms with Crippen LogP contribution in [-0.4, -0.2) is 31.7 Å². The summed E-state index contributed by atoms with van der Waals surface area (Å²) in [6.07, 6.45) is 3.11. The van der Waals surface area contributed by atoms with Crippen LogP contribution in [0.25, 0.3) is 0 Å². The van der Waals surface area contributed by atoms with E-state index < -0.39 is 11.5 Å². The summed E-state index contributed by atoms with van der Waals surface area (Å²) >= 11 is 1.68. The van der Waals surface area contributed by atoms with Gasteiger partial charge in [-0.05, 0) is 41.7 Å². The Balaban J connectivity index is 1.76. The molecule has 4 nitrogen and oxygen atoms in total. The molecule has 1 N–H and O–H groups in total. The van der Waals surface area contributed by atoms with E-state index in [4.69, 9.17) is 0 Å². The zero-order chi connectivity index (χ0) is 19.3. The molecule has 0 saturated heterocycles. The number of aromatic nitrogens is 3. The standard InChI is InChI=1S/C21H24FN3OS/c1-21(2,12-16-8-10-17(22)11-9-16)20(26)19(25-15-23-14-24-25)13-27-18-6-4-3-5-7-18/h3-11,14-15,19-20,26H,12-13H2,1-2H3. The predicted molar refractivity (Wildman–Crippen MR) is 106 cm³/mol. The second-order valence-electron chi connectivity index (χ2n) is 7.30. The molecule has 27 heavy (non-hydrogen) atoms. The minimum atomic E-state index is -0.652. The molecule has 0 fully saturated rings. The summed E-state index contributed by atoms with van der Waals surface area (Å²) in [6, 6.07) is 16.3. The summed E-state index contributed by atoms with van der Waals surface area (Å²) in [5.41, 5.74) is 0.569. The third kappa shape index (κ3) is 5.17. The quantitative estimate of drug-likeness (QED) is 0.585.